The largest absolute Gasteiger partial charge is 0.491 e. The maximum atomic E-state index is 13.6. The SMILES string of the molecule is C.CO.Nc1nccc(-c2ccccc2F)c1N.Nc1nccc(-c2ccccc2F)c1[N+](=O)[O-].Nc1nccc(Br)c1[N+](=O)[O-].OB(O)c1ccccc1F. The minimum Gasteiger partial charge on any atom is -0.423 e. The Morgan fingerprint density at radius 1 is 0.589 bits per heavy atom. The fourth-order valence-electron chi connectivity index (χ4n) is 4.27. The third kappa shape index (κ3) is 13.0. The number of nitrogens with two attached hydrogens (primary N) is 4. The molecule has 6 rings (SSSR count). The van der Waals surface area contributed by atoms with Crippen LogP contribution in [0.25, 0.3) is 22.3 Å². The number of aliphatic hydroxyl groups is 1. The maximum Gasteiger partial charge on any atom is 0.491 e. The highest BCUT2D eigenvalue weighted by molar-refractivity contribution is 9.10. The summed E-state index contributed by atoms with van der Waals surface area (Å²) in [6.45, 7) is 0. The van der Waals surface area contributed by atoms with E-state index >= 15 is 0 Å². The van der Waals surface area contributed by atoms with Crippen LogP contribution in [0.15, 0.2) is 114 Å². The zero-order chi connectivity index (χ0) is 41.2. The average Bonchev–Trinajstić information content (AvgIpc) is 3.15. The molecule has 3 aromatic heterocycles. The van der Waals surface area contributed by atoms with Gasteiger partial charge < -0.3 is 38.1 Å². The predicted octanol–water partition coefficient (Wildman–Crippen LogP) is 5.51. The van der Waals surface area contributed by atoms with Crippen molar-refractivity contribution in [3.8, 4) is 22.3 Å². The summed E-state index contributed by atoms with van der Waals surface area (Å²) in [5, 5.41) is 45.2. The summed E-state index contributed by atoms with van der Waals surface area (Å²) in [6, 6.07) is 22.2. The van der Waals surface area contributed by atoms with Crippen molar-refractivity contribution < 1.29 is 38.2 Å². The zero-order valence-corrected chi connectivity index (χ0v) is 30.1. The van der Waals surface area contributed by atoms with Gasteiger partial charge in [0, 0.05) is 47.9 Å². The first kappa shape index (κ1) is 47.3. The van der Waals surface area contributed by atoms with Crippen molar-refractivity contribution in [2.75, 3.05) is 30.0 Å². The van der Waals surface area contributed by atoms with Crippen molar-refractivity contribution in [3.63, 3.8) is 0 Å². The van der Waals surface area contributed by atoms with Crippen LogP contribution in [0.3, 0.4) is 0 Å². The molecule has 294 valence electrons. The number of anilines is 4. The third-order valence-electron chi connectivity index (χ3n) is 6.75. The zero-order valence-electron chi connectivity index (χ0n) is 28.5. The first-order valence-corrected chi connectivity index (χ1v) is 15.9. The van der Waals surface area contributed by atoms with E-state index < -0.39 is 28.6 Å². The molecular weight excluding hydrogens is 806 g/mol. The minimum atomic E-state index is -1.72. The van der Waals surface area contributed by atoms with E-state index in [-0.39, 0.29) is 58.7 Å². The van der Waals surface area contributed by atoms with Crippen LogP contribution in [0.5, 0.6) is 0 Å². The Morgan fingerprint density at radius 3 is 1.39 bits per heavy atom. The highest BCUT2D eigenvalue weighted by Gasteiger charge is 2.22. The van der Waals surface area contributed by atoms with Crippen LogP contribution in [-0.2, 0) is 0 Å². The molecule has 11 N–H and O–H groups in total. The Kier molecular flexibility index (Phi) is 19.6. The molecule has 0 spiro atoms. The molecule has 0 bridgehead atoms. The summed E-state index contributed by atoms with van der Waals surface area (Å²) in [5.74, 6) is -1.55. The number of halogens is 4. The molecule has 0 aliphatic carbocycles. The minimum absolute atomic E-state index is 0. The van der Waals surface area contributed by atoms with Gasteiger partial charge in [0.2, 0.25) is 11.6 Å². The molecule has 16 nitrogen and oxygen atoms in total. The number of nitro groups is 2. The second-order valence-electron chi connectivity index (χ2n) is 10.1. The Morgan fingerprint density at radius 2 is 0.982 bits per heavy atom. The number of hydrogen-bond donors (Lipinski definition) is 7. The fraction of sp³-hybridized carbons (Fsp3) is 0.0571. The Bertz CT molecular complexity index is 2210. The topological polar surface area (TPSA) is 290 Å². The molecule has 0 atom stereocenters. The highest BCUT2D eigenvalue weighted by Crippen LogP contribution is 2.34. The smallest absolute Gasteiger partial charge is 0.423 e. The second kappa shape index (κ2) is 23.2. The number of pyridine rings is 3. The average molecular weight is 842 g/mol. The summed E-state index contributed by atoms with van der Waals surface area (Å²) >= 11 is 2.99. The van der Waals surface area contributed by atoms with E-state index in [0.717, 1.165) is 7.11 Å². The molecule has 0 saturated heterocycles. The number of benzene rings is 3. The van der Waals surface area contributed by atoms with Gasteiger partial charge in [-0.1, -0.05) is 62.0 Å². The van der Waals surface area contributed by atoms with Crippen molar-refractivity contribution >= 4 is 63.0 Å². The van der Waals surface area contributed by atoms with E-state index in [4.69, 9.17) is 38.1 Å². The standard InChI is InChI=1S/C11H8FN3O2.C11H10FN3.C6H6BFO2.C5H4BrN3O2.CH4O.CH4/c12-9-4-2-1-3-7(9)8-5-6-14-11(13)10(8)15(16)17;12-9-4-2-1-3-7(9)8-5-6-15-11(14)10(8)13;8-6-4-2-1-3-5(6)7(9)10;6-3-1-2-8-5(7)4(3)9(10)11;1-2;/h1-6H,(H2,13,14);1-6H,13H2,(H2,14,15);1-4,9-10H;1-2H,(H2,7,8);2H,1H3;1H4. The van der Waals surface area contributed by atoms with Crippen LogP contribution in [0, 0.1) is 37.7 Å². The summed E-state index contributed by atoms with van der Waals surface area (Å²) in [6.07, 6.45) is 4.21. The molecule has 0 amide bonds. The number of hydrogen-bond acceptors (Lipinski definition) is 14. The molecule has 0 aliphatic heterocycles. The van der Waals surface area contributed by atoms with E-state index in [2.05, 4.69) is 30.9 Å². The van der Waals surface area contributed by atoms with Gasteiger partial charge in [-0.3, -0.25) is 20.2 Å². The summed E-state index contributed by atoms with van der Waals surface area (Å²) in [4.78, 5) is 31.0. The molecule has 0 saturated carbocycles. The third-order valence-corrected chi connectivity index (χ3v) is 7.39. The second-order valence-corrected chi connectivity index (χ2v) is 11.0. The molecular formula is C35H36BBrF3N9O7. The van der Waals surface area contributed by atoms with E-state index in [9.17, 15) is 33.4 Å². The first-order valence-electron chi connectivity index (χ1n) is 15.1. The molecule has 56 heavy (non-hydrogen) atoms. The molecule has 0 radical (unpaired) electrons. The Balaban J connectivity index is 0.000000373. The van der Waals surface area contributed by atoms with Crippen molar-refractivity contribution in [3.05, 3.63) is 152 Å². The van der Waals surface area contributed by atoms with E-state index in [1.165, 1.54) is 79.3 Å². The normalized spacial score (nSPS) is 9.50. The summed E-state index contributed by atoms with van der Waals surface area (Å²) in [7, 11) is -0.721. The van der Waals surface area contributed by atoms with Gasteiger partial charge in [0.25, 0.3) is 0 Å². The number of nitrogen functional groups attached to an aromatic ring is 4. The predicted molar refractivity (Wildman–Crippen MR) is 213 cm³/mol. The lowest BCUT2D eigenvalue weighted by Crippen LogP contribution is -2.32. The molecule has 3 heterocycles. The van der Waals surface area contributed by atoms with Crippen molar-refractivity contribution in [2.45, 2.75) is 7.43 Å². The number of aliphatic hydroxyl groups excluding tert-OH is 1. The van der Waals surface area contributed by atoms with Crippen molar-refractivity contribution in [1.82, 2.24) is 15.0 Å². The van der Waals surface area contributed by atoms with Gasteiger partial charge in [-0.2, -0.15) is 0 Å². The van der Waals surface area contributed by atoms with Crippen LogP contribution in [0.4, 0.5) is 47.7 Å². The van der Waals surface area contributed by atoms with E-state index in [1.807, 2.05) is 0 Å². The summed E-state index contributed by atoms with van der Waals surface area (Å²) in [5.41, 5.74) is 22.9. The monoisotopic (exact) mass is 841 g/mol. The Labute approximate surface area is 326 Å². The van der Waals surface area contributed by atoms with Gasteiger partial charge in [-0.25, -0.2) is 28.1 Å². The Hall–Kier alpha value is -6.68. The molecule has 0 unspecified atom stereocenters. The fourth-order valence-corrected chi connectivity index (χ4v) is 4.74. The van der Waals surface area contributed by atoms with Gasteiger partial charge in [0.15, 0.2) is 0 Å². The van der Waals surface area contributed by atoms with Crippen LogP contribution >= 0.6 is 15.9 Å². The van der Waals surface area contributed by atoms with Crippen LogP contribution in [0.1, 0.15) is 7.43 Å². The number of rotatable bonds is 5. The first-order chi connectivity index (χ1) is 26.1. The highest BCUT2D eigenvalue weighted by atomic mass is 79.9. The van der Waals surface area contributed by atoms with Crippen LogP contribution < -0.4 is 28.4 Å². The van der Waals surface area contributed by atoms with Crippen LogP contribution in [-0.4, -0.2) is 54.2 Å². The van der Waals surface area contributed by atoms with Gasteiger partial charge >= 0.3 is 18.5 Å². The molecule has 3 aromatic carbocycles. The van der Waals surface area contributed by atoms with Crippen LogP contribution in [0.2, 0.25) is 0 Å². The van der Waals surface area contributed by atoms with E-state index in [1.54, 1.807) is 30.3 Å². The molecule has 21 heteroatoms. The van der Waals surface area contributed by atoms with Gasteiger partial charge in [-0.15, -0.1) is 0 Å². The van der Waals surface area contributed by atoms with E-state index in [0.29, 0.717) is 21.3 Å². The van der Waals surface area contributed by atoms with Gasteiger partial charge in [0.1, 0.15) is 27.7 Å². The van der Waals surface area contributed by atoms with Crippen molar-refractivity contribution in [2.24, 2.45) is 0 Å². The maximum absolute atomic E-state index is 13.6. The molecule has 0 fully saturated rings. The summed E-state index contributed by atoms with van der Waals surface area (Å²) < 4.78 is 39.9. The van der Waals surface area contributed by atoms with Gasteiger partial charge in [0.05, 0.1) is 21.1 Å². The van der Waals surface area contributed by atoms with Crippen molar-refractivity contribution in [1.29, 1.82) is 0 Å². The molecule has 6 aromatic rings. The quantitative estimate of drug-likeness (QED) is 0.0640. The van der Waals surface area contributed by atoms with Gasteiger partial charge in [-0.05, 0) is 52.3 Å². The molecule has 0 aliphatic rings. The number of nitrogens with zero attached hydrogens (tertiary/aromatic N) is 5. The lowest BCUT2D eigenvalue weighted by Gasteiger charge is -2.07. The lowest BCUT2D eigenvalue weighted by molar-refractivity contribution is -0.385. The number of aromatic nitrogens is 3. The lowest BCUT2D eigenvalue weighted by atomic mass is 9.80.